The number of rotatable bonds is 6. The summed E-state index contributed by atoms with van der Waals surface area (Å²) in [6.07, 6.45) is 0.968. The highest BCUT2D eigenvalue weighted by Crippen LogP contribution is 2.32. The maximum absolute atomic E-state index is 5.78. The van der Waals surface area contributed by atoms with Crippen LogP contribution in [0, 0.1) is 6.92 Å². The second kappa shape index (κ2) is 6.60. The molecule has 0 saturated carbocycles. The number of hydrazine groups is 1. The highest BCUT2D eigenvalue weighted by molar-refractivity contribution is 7.05. The molecule has 1 atom stereocenters. The molecule has 102 valence electrons. The summed E-state index contributed by atoms with van der Waals surface area (Å²) < 4.78 is 9.74. The lowest BCUT2D eigenvalue weighted by atomic mass is 10.0. The zero-order valence-electron chi connectivity index (χ0n) is 11.1. The van der Waals surface area contributed by atoms with Gasteiger partial charge in [-0.3, -0.25) is 5.84 Å². The smallest absolute Gasteiger partial charge is 0.124 e. The molecule has 0 amide bonds. The summed E-state index contributed by atoms with van der Waals surface area (Å²) in [6, 6.07) is 7.75. The van der Waals surface area contributed by atoms with Crippen LogP contribution in [-0.4, -0.2) is 16.2 Å². The molecule has 0 bridgehead atoms. The maximum atomic E-state index is 5.78. The number of nitrogens with one attached hydrogen (secondary N) is 1. The van der Waals surface area contributed by atoms with Crippen molar-refractivity contribution in [3.63, 3.8) is 0 Å². The van der Waals surface area contributed by atoms with Crippen LogP contribution < -0.4 is 16.0 Å². The van der Waals surface area contributed by atoms with E-state index in [1.807, 2.05) is 31.2 Å². The van der Waals surface area contributed by atoms with E-state index in [0.717, 1.165) is 28.3 Å². The zero-order chi connectivity index (χ0) is 13.7. The Kier molecular flexibility index (Phi) is 4.84. The fourth-order valence-electron chi connectivity index (χ4n) is 1.87. The van der Waals surface area contributed by atoms with E-state index < -0.39 is 0 Å². The molecule has 0 aliphatic heterocycles. The van der Waals surface area contributed by atoms with E-state index in [4.69, 9.17) is 10.6 Å². The number of ether oxygens (including phenoxy) is 1. The van der Waals surface area contributed by atoms with Crippen LogP contribution in [0.5, 0.6) is 5.75 Å². The molecule has 2 rings (SSSR count). The van der Waals surface area contributed by atoms with Crippen molar-refractivity contribution in [2.24, 2.45) is 5.84 Å². The van der Waals surface area contributed by atoms with Gasteiger partial charge in [-0.15, -0.1) is 5.10 Å². The highest BCUT2D eigenvalue weighted by atomic mass is 32.1. The first-order valence-corrected chi connectivity index (χ1v) is 7.02. The van der Waals surface area contributed by atoms with E-state index >= 15 is 0 Å². The predicted molar refractivity (Wildman–Crippen MR) is 76.0 cm³/mol. The summed E-state index contributed by atoms with van der Waals surface area (Å²) in [5.41, 5.74) is 4.72. The normalized spacial score (nSPS) is 12.4. The van der Waals surface area contributed by atoms with Crippen molar-refractivity contribution in [3.8, 4) is 5.75 Å². The average molecular weight is 278 g/mol. The molecule has 0 fully saturated rings. The molecule has 19 heavy (non-hydrogen) atoms. The molecule has 3 N–H and O–H groups in total. The highest BCUT2D eigenvalue weighted by Gasteiger charge is 2.21. The lowest BCUT2D eigenvalue weighted by Gasteiger charge is -2.18. The number of benzene rings is 1. The predicted octanol–water partition coefficient (Wildman–Crippen LogP) is 2.19. The Bertz CT molecular complexity index is 529. The number of aromatic nitrogens is 2. The molecular weight excluding hydrogens is 260 g/mol. The zero-order valence-corrected chi connectivity index (χ0v) is 11.9. The quantitative estimate of drug-likeness (QED) is 0.626. The van der Waals surface area contributed by atoms with Crippen LogP contribution in [0.2, 0.25) is 0 Å². The lowest BCUT2D eigenvalue weighted by Crippen LogP contribution is -2.29. The van der Waals surface area contributed by atoms with Gasteiger partial charge in [0.1, 0.15) is 5.75 Å². The van der Waals surface area contributed by atoms with Gasteiger partial charge in [-0.05, 0) is 30.9 Å². The number of para-hydroxylation sites is 1. The van der Waals surface area contributed by atoms with Gasteiger partial charge >= 0.3 is 0 Å². The Morgan fingerprint density at radius 1 is 1.42 bits per heavy atom. The van der Waals surface area contributed by atoms with Crippen molar-refractivity contribution in [1.82, 2.24) is 15.0 Å². The SMILES string of the molecule is CCCOc1ccccc1C(NN)c1snnc1C. The maximum Gasteiger partial charge on any atom is 0.124 e. The molecule has 6 heteroatoms. The minimum atomic E-state index is -0.145. The van der Waals surface area contributed by atoms with Gasteiger partial charge in [0.2, 0.25) is 0 Å². The number of nitrogens with two attached hydrogens (primary N) is 1. The van der Waals surface area contributed by atoms with Gasteiger partial charge in [-0.1, -0.05) is 29.6 Å². The summed E-state index contributed by atoms with van der Waals surface area (Å²) in [4.78, 5) is 1.01. The Labute approximate surface area is 116 Å². The monoisotopic (exact) mass is 278 g/mol. The molecule has 0 aliphatic rings. The van der Waals surface area contributed by atoms with Crippen LogP contribution in [0.15, 0.2) is 24.3 Å². The number of hydrogen-bond acceptors (Lipinski definition) is 6. The van der Waals surface area contributed by atoms with Crippen LogP contribution in [0.4, 0.5) is 0 Å². The summed E-state index contributed by atoms with van der Waals surface area (Å²) >= 11 is 1.35. The van der Waals surface area contributed by atoms with Crippen LogP contribution in [0.1, 0.15) is 35.5 Å². The van der Waals surface area contributed by atoms with Crippen LogP contribution in [0.3, 0.4) is 0 Å². The van der Waals surface area contributed by atoms with Gasteiger partial charge in [0.05, 0.1) is 23.2 Å². The fraction of sp³-hybridized carbons (Fsp3) is 0.385. The van der Waals surface area contributed by atoms with E-state index in [1.165, 1.54) is 11.5 Å². The molecule has 0 radical (unpaired) electrons. The molecular formula is C13H18N4OS. The Hall–Kier alpha value is -1.50. The molecule has 1 unspecified atom stereocenters. The van der Waals surface area contributed by atoms with Crippen LogP contribution in [0.25, 0.3) is 0 Å². The van der Waals surface area contributed by atoms with Crippen molar-refractivity contribution in [1.29, 1.82) is 0 Å². The first-order chi connectivity index (χ1) is 9.27. The third kappa shape index (κ3) is 3.09. The Morgan fingerprint density at radius 2 is 2.21 bits per heavy atom. The van der Waals surface area contributed by atoms with Crippen molar-refractivity contribution in [2.45, 2.75) is 26.3 Å². The first-order valence-electron chi connectivity index (χ1n) is 6.24. The molecule has 1 heterocycles. The fourth-order valence-corrected chi connectivity index (χ4v) is 2.60. The van der Waals surface area contributed by atoms with Gasteiger partial charge in [-0.25, -0.2) is 5.43 Å². The van der Waals surface area contributed by atoms with Crippen molar-refractivity contribution < 1.29 is 4.74 Å². The number of hydrogen-bond donors (Lipinski definition) is 2. The minimum absolute atomic E-state index is 0.145. The number of aryl methyl sites for hydroxylation is 1. The van der Waals surface area contributed by atoms with Crippen LogP contribution >= 0.6 is 11.5 Å². The second-order valence-electron chi connectivity index (χ2n) is 4.21. The lowest BCUT2D eigenvalue weighted by molar-refractivity contribution is 0.312. The van der Waals surface area contributed by atoms with E-state index in [2.05, 4.69) is 21.9 Å². The van der Waals surface area contributed by atoms with Gasteiger partial charge in [0.25, 0.3) is 0 Å². The topological polar surface area (TPSA) is 73.1 Å². The average Bonchev–Trinajstić information content (AvgIpc) is 2.85. The first kappa shape index (κ1) is 13.9. The van der Waals surface area contributed by atoms with Crippen molar-refractivity contribution in [2.75, 3.05) is 6.61 Å². The molecule has 0 spiro atoms. The van der Waals surface area contributed by atoms with Gasteiger partial charge in [0, 0.05) is 5.56 Å². The second-order valence-corrected chi connectivity index (χ2v) is 4.99. The van der Waals surface area contributed by atoms with E-state index in [-0.39, 0.29) is 6.04 Å². The van der Waals surface area contributed by atoms with Crippen LogP contribution in [-0.2, 0) is 0 Å². The van der Waals surface area contributed by atoms with Gasteiger partial charge < -0.3 is 4.74 Å². The third-order valence-electron chi connectivity index (χ3n) is 2.81. The summed E-state index contributed by atoms with van der Waals surface area (Å²) in [6.45, 7) is 4.70. The van der Waals surface area contributed by atoms with E-state index in [0.29, 0.717) is 6.61 Å². The third-order valence-corrected chi connectivity index (χ3v) is 3.70. The standard InChI is InChI=1S/C13H18N4OS/c1-3-8-18-11-7-5-4-6-10(11)12(15-14)13-9(2)16-17-19-13/h4-7,12,15H,3,8,14H2,1-2H3. The molecule has 0 saturated heterocycles. The van der Waals surface area contributed by atoms with E-state index in [9.17, 15) is 0 Å². The summed E-state index contributed by atoms with van der Waals surface area (Å²) in [5.74, 6) is 6.56. The minimum Gasteiger partial charge on any atom is -0.493 e. The molecule has 5 nitrogen and oxygen atoms in total. The Morgan fingerprint density at radius 3 is 2.84 bits per heavy atom. The van der Waals surface area contributed by atoms with Crippen molar-refractivity contribution in [3.05, 3.63) is 40.4 Å². The molecule has 2 aromatic rings. The summed E-state index contributed by atoms with van der Waals surface area (Å²) in [7, 11) is 0. The summed E-state index contributed by atoms with van der Waals surface area (Å²) in [5, 5.41) is 4.03. The largest absolute Gasteiger partial charge is 0.493 e. The molecule has 0 aliphatic carbocycles. The molecule has 1 aromatic carbocycles. The molecule has 1 aromatic heterocycles. The Balaban J connectivity index is 2.35. The van der Waals surface area contributed by atoms with Gasteiger partial charge in [-0.2, -0.15) is 0 Å². The van der Waals surface area contributed by atoms with E-state index in [1.54, 1.807) is 0 Å². The van der Waals surface area contributed by atoms with Crippen molar-refractivity contribution >= 4 is 11.5 Å². The van der Waals surface area contributed by atoms with Gasteiger partial charge in [0.15, 0.2) is 0 Å². The number of nitrogens with zero attached hydrogens (tertiary/aromatic N) is 2.